The number of ether oxygens (including phenoxy) is 2. The standard InChI is InChI=1S/C15H17BrO2S/c1-2-17-14-7-3-5-12(11-16)15(14)18-9-8-13-6-4-10-19-13/h3-7,10H,2,8-9,11H2,1H3. The van der Waals surface area contributed by atoms with Crippen molar-refractivity contribution in [1.29, 1.82) is 0 Å². The third-order valence-electron chi connectivity index (χ3n) is 2.68. The van der Waals surface area contributed by atoms with Gasteiger partial charge in [0.1, 0.15) is 0 Å². The van der Waals surface area contributed by atoms with Gasteiger partial charge in [-0.05, 0) is 24.4 Å². The normalized spacial score (nSPS) is 10.4. The number of halogens is 1. The maximum absolute atomic E-state index is 5.94. The summed E-state index contributed by atoms with van der Waals surface area (Å²) in [6.45, 7) is 3.30. The Morgan fingerprint density at radius 2 is 2.05 bits per heavy atom. The minimum atomic E-state index is 0.646. The van der Waals surface area contributed by atoms with E-state index in [1.807, 2.05) is 19.1 Å². The highest BCUT2D eigenvalue weighted by molar-refractivity contribution is 9.08. The van der Waals surface area contributed by atoms with E-state index in [0.717, 1.165) is 28.8 Å². The van der Waals surface area contributed by atoms with Crippen LogP contribution in [0.2, 0.25) is 0 Å². The van der Waals surface area contributed by atoms with Crippen molar-refractivity contribution in [3.8, 4) is 11.5 Å². The molecule has 19 heavy (non-hydrogen) atoms. The first-order valence-corrected chi connectivity index (χ1v) is 8.31. The second-order valence-electron chi connectivity index (χ2n) is 3.99. The van der Waals surface area contributed by atoms with E-state index >= 15 is 0 Å². The molecule has 1 aromatic heterocycles. The highest BCUT2D eigenvalue weighted by Gasteiger charge is 2.10. The van der Waals surface area contributed by atoms with E-state index < -0.39 is 0 Å². The van der Waals surface area contributed by atoms with Crippen LogP contribution in [0.1, 0.15) is 17.4 Å². The topological polar surface area (TPSA) is 18.5 Å². The molecule has 0 N–H and O–H groups in total. The predicted octanol–water partition coefficient (Wildman–Crippen LogP) is 4.66. The van der Waals surface area contributed by atoms with Gasteiger partial charge in [-0.25, -0.2) is 0 Å². The summed E-state index contributed by atoms with van der Waals surface area (Å²) in [7, 11) is 0. The molecule has 1 heterocycles. The van der Waals surface area contributed by atoms with E-state index in [4.69, 9.17) is 9.47 Å². The molecule has 0 amide bonds. The summed E-state index contributed by atoms with van der Waals surface area (Å²) in [6.07, 6.45) is 0.930. The average molecular weight is 341 g/mol. The minimum absolute atomic E-state index is 0.646. The fourth-order valence-electron chi connectivity index (χ4n) is 1.81. The van der Waals surface area contributed by atoms with E-state index in [1.165, 1.54) is 4.88 Å². The van der Waals surface area contributed by atoms with Gasteiger partial charge in [-0.3, -0.25) is 0 Å². The summed E-state index contributed by atoms with van der Waals surface area (Å²) < 4.78 is 11.6. The van der Waals surface area contributed by atoms with Crippen LogP contribution < -0.4 is 9.47 Å². The van der Waals surface area contributed by atoms with Crippen molar-refractivity contribution in [2.45, 2.75) is 18.7 Å². The summed E-state index contributed by atoms with van der Waals surface area (Å²) in [4.78, 5) is 1.34. The maximum Gasteiger partial charge on any atom is 0.165 e. The zero-order valence-corrected chi connectivity index (χ0v) is 13.3. The number of hydrogen-bond donors (Lipinski definition) is 0. The fourth-order valence-corrected chi connectivity index (χ4v) is 2.94. The molecule has 2 aromatic rings. The Bertz CT molecular complexity index is 497. The van der Waals surface area contributed by atoms with E-state index in [0.29, 0.717) is 13.2 Å². The molecule has 0 bridgehead atoms. The zero-order valence-electron chi connectivity index (χ0n) is 10.9. The van der Waals surface area contributed by atoms with Crippen molar-refractivity contribution in [3.05, 3.63) is 46.2 Å². The second kappa shape index (κ2) is 7.56. The van der Waals surface area contributed by atoms with Gasteiger partial charge in [0.25, 0.3) is 0 Å². The Kier molecular flexibility index (Phi) is 5.73. The van der Waals surface area contributed by atoms with Crippen LogP contribution in [0, 0.1) is 0 Å². The average Bonchev–Trinajstić information content (AvgIpc) is 2.93. The van der Waals surface area contributed by atoms with Crippen molar-refractivity contribution in [1.82, 2.24) is 0 Å². The Labute approximate surface area is 126 Å². The van der Waals surface area contributed by atoms with Gasteiger partial charge in [-0.15, -0.1) is 11.3 Å². The van der Waals surface area contributed by atoms with Gasteiger partial charge in [-0.2, -0.15) is 0 Å². The van der Waals surface area contributed by atoms with E-state index in [1.54, 1.807) is 11.3 Å². The zero-order chi connectivity index (χ0) is 13.5. The second-order valence-corrected chi connectivity index (χ2v) is 5.58. The van der Waals surface area contributed by atoms with Gasteiger partial charge in [0.05, 0.1) is 13.2 Å². The Hall–Kier alpha value is -1.00. The lowest BCUT2D eigenvalue weighted by molar-refractivity contribution is 0.278. The first-order chi connectivity index (χ1) is 9.35. The molecule has 1 aromatic carbocycles. The van der Waals surface area contributed by atoms with Crippen LogP contribution in [-0.4, -0.2) is 13.2 Å². The fraction of sp³-hybridized carbons (Fsp3) is 0.333. The molecular formula is C15H17BrO2S. The predicted molar refractivity (Wildman–Crippen MR) is 83.8 cm³/mol. The van der Waals surface area contributed by atoms with E-state index in [9.17, 15) is 0 Å². The van der Waals surface area contributed by atoms with Crippen LogP contribution in [0.5, 0.6) is 11.5 Å². The van der Waals surface area contributed by atoms with Crippen LogP contribution in [0.15, 0.2) is 35.7 Å². The molecule has 0 fully saturated rings. The largest absolute Gasteiger partial charge is 0.490 e. The monoisotopic (exact) mass is 340 g/mol. The molecule has 102 valence electrons. The number of rotatable bonds is 7. The number of para-hydroxylation sites is 1. The molecule has 2 rings (SSSR count). The molecule has 0 saturated heterocycles. The smallest absolute Gasteiger partial charge is 0.165 e. The highest BCUT2D eigenvalue weighted by Crippen LogP contribution is 2.32. The molecule has 0 saturated carbocycles. The quantitative estimate of drug-likeness (QED) is 0.682. The Balaban J connectivity index is 2.04. The molecule has 0 atom stereocenters. The lowest BCUT2D eigenvalue weighted by Gasteiger charge is -2.14. The molecule has 0 aliphatic rings. The summed E-state index contributed by atoms with van der Waals surface area (Å²) in [5, 5.41) is 2.86. The van der Waals surface area contributed by atoms with Crippen LogP contribution in [0.3, 0.4) is 0 Å². The number of thiophene rings is 1. The molecule has 0 radical (unpaired) electrons. The molecular weight excluding hydrogens is 324 g/mol. The molecule has 2 nitrogen and oxygen atoms in total. The van der Waals surface area contributed by atoms with Gasteiger partial charge in [0, 0.05) is 22.2 Å². The first kappa shape index (κ1) is 14.4. The first-order valence-electron chi connectivity index (χ1n) is 6.31. The lowest BCUT2D eigenvalue weighted by atomic mass is 10.2. The minimum Gasteiger partial charge on any atom is -0.490 e. The van der Waals surface area contributed by atoms with Crippen molar-refractivity contribution in [2.75, 3.05) is 13.2 Å². The molecule has 4 heteroatoms. The van der Waals surface area contributed by atoms with Crippen molar-refractivity contribution in [2.24, 2.45) is 0 Å². The van der Waals surface area contributed by atoms with Crippen LogP contribution in [-0.2, 0) is 11.8 Å². The molecule has 0 spiro atoms. The third kappa shape index (κ3) is 3.98. The van der Waals surface area contributed by atoms with Crippen LogP contribution in [0.4, 0.5) is 0 Å². The van der Waals surface area contributed by atoms with E-state index in [2.05, 4.69) is 39.5 Å². The summed E-state index contributed by atoms with van der Waals surface area (Å²) in [5.41, 5.74) is 1.12. The SMILES string of the molecule is CCOc1cccc(CBr)c1OCCc1cccs1. The van der Waals surface area contributed by atoms with Gasteiger partial charge in [0.2, 0.25) is 0 Å². The van der Waals surface area contributed by atoms with Crippen molar-refractivity contribution >= 4 is 27.3 Å². The van der Waals surface area contributed by atoms with Crippen LogP contribution >= 0.6 is 27.3 Å². The highest BCUT2D eigenvalue weighted by atomic mass is 79.9. The van der Waals surface area contributed by atoms with Crippen molar-refractivity contribution < 1.29 is 9.47 Å². The van der Waals surface area contributed by atoms with Crippen LogP contribution in [0.25, 0.3) is 0 Å². The summed E-state index contributed by atoms with van der Waals surface area (Å²) >= 11 is 5.25. The number of alkyl halides is 1. The number of hydrogen-bond acceptors (Lipinski definition) is 3. The molecule has 0 unspecified atom stereocenters. The maximum atomic E-state index is 5.94. The van der Waals surface area contributed by atoms with Crippen molar-refractivity contribution in [3.63, 3.8) is 0 Å². The molecule has 0 aliphatic heterocycles. The third-order valence-corrected chi connectivity index (χ3v) is 4.22. The van der Waals surface area contributed by atoms with Gasteiger partial charge < -0.3 is 9.47 Å². The van der Waals surface area contributed by atoms with Gasteiger partial charge >= 0.3 is 0 Å². The van der Waals surface area contributed by atoms with Gasteiger partial charge in [0.15, 0.2) is 11.5 Å². The summed E-state index contributed by atoms with van der Waals surface area (Å²) in [5.74, 6) is 1.68. The lowest BCUT2D eigenvalue weighted by Crippen LogP contribution is -2.04. The summed E-state index contributed by atoms with van der Waals surface area (Å²) in [6, 6.07) is 10.2. The molecule has 0 aliphatic carbocycles. The number of benzene rings is 1. The Morgan fingerprint density at radius 1 is 1.16 bits per heavy atom. The van der Waals surface area contributed by atoms with Gasteiger partial charge in [-0.1, -0.05) is 34.1 Å². The Morgan fingerprint density at radius 3 is 2.74 bits per heavy atom. The van der Waals surface area contributed by atoms with E-state index in [-0.39, 0.29) is 0 Å².